The lowest BCUT2D eigenvalue weighted by atomic mass is 10.2. The number of nitrogens with one attached hydrogen (secondary N) is 1. The third-order valence-corrected chi connectivity index (χ3v) is 6.18. The predicted octanol–water partition coefficient (Wildman–Crippen LogP) is 5.07. The van der Waals surface area contributed by atoms with Crippen LogP contribution in [0.3, 0.4) is 0 Å². The first-order chi connectivity index (χ1) is 15.5. The third kappa shape index (κ3) is 3.79. The summed E-state index contributed by atoms with van der Waals surface area (Å²) in [4.78, 5) is 12.4. The van der Waals surface area contributed by atoms with E-state index in [0.717, 1.165) is 11.3 Å². The molecule has 160 valence electrons. The van der Waals surface area contributed by atoms with Gasteiger partial charge in [-0.2, -0.15) is 10.2 Å². The van der Waals surface area contributed by atoms with Crippen LogP contribution in [0, 0.1) is 6.92 Å². The molecule has 5 rings (SSSR count). The molecule has 0 fully saturated rings. The number of benzene rings is 2. The number of halogens is 2. The third-order valence-electron chi connectivity index (χ3n) is 4.81. The summed E-state index contributed by atoms with van der Waals surface area (Å²) >= 11 is 13.7. The Morgan fingerprint density at radius 2 is 1.94 bits per heavy atom. The van der Waals surface area contributed by atoms with Crippen LogP contribution in [0.5, 0.6) is 0 Å². The van der Waals surface area contributed by atoms with Gasteiger partial charge in [0.1, 0.15) is 0 Å². The molecule has 8 nitrogen and oxygen atoms in total. The lowest BCUT2D eigenvalue weighted by Crippen LogP contribution is -2.10. The standard InChI is InChI=1S/C21H14Cl2N6O2S/c1-11-17-15(10-32-21-27-26-20(31-21)12-5-3-2-4-6-12)24-25-19(30)18(17)28-29(11)16-8-7-13(22)9-14(16)23/h2-9H,10H2,1H3,(H,25,30). The van der Waals surface area contributed by atoms with Crippen molar-refractivity contribution >= 4 is 45.9 Å². The Morgan fingerprint density at radius 3 is 2.72 bits per heavy atom. The van der Waals surface area contributed by atoms with E-state index < -0.39 is 0 Å². The van der Waals surface area contributed by atoms with Crippen LogP contribution in [0.1, 0.15) is 11.4 Å². The van der Waals surface area contributed by atoms with E-state index in [9.17, 15) is 4.79 Å². The molecule has 0 unspecified atom stereocenters. The molecule has 3 aromatic heterocycles. The average molecular weight is 485 g/mol. The summed E-state index contributed by atoms with van der Waals surface area (Å²) in [5.41, 5.74) is 2.71. The zero-order valence-corrected chi connectivity index (χ0v) is 18.9. The Labute approximate surface area is 195 Å². The number of aryl methyl sites for hydroxylation is 1. The fourth-order valence-corrected chi connectivity index (χ4v) is 4.52. The molecule has 3 heterocycles. The summed E-state index contributed by atoms with van der Waals surface area (Å²) in [7, 11) is 0. The van der Waals surface area contributed by atoms with Gasteiger partial charge in [0.05, 0.1) is 27.5 Å². The molecule has 0 aliphatic rings. The summed E-state index contributed by atoms with van der Waals surface area (Å²) in [6, 6.07) is 14.6. The van der Waals surface area contributed by atoms with E-state index in [1.165, 1.54) is 11.8 Å². The Balaban J connectivity index is 1.49. The largest absolute Gasteiger partial charge is 0.411 e. The number of rotatable bonds is 5. The van der Waals surface area contributed by atoms with Crippen molar-refractivity contribution in [3.05, 3.63) is 80.3 Å². The molecule has 0 amide bonds. The minimum absolute atomic E-state index is 0.273. The van der Waals surface area contributed by atoms with Crippen LogP contribution < -0.4 is 5.56 Å². The van der Waals surface area contributed by atoms with Crippen molar-refractivity contribution in [1.29, 1.82) is 0 Å². The van der Waals surface area contributed by atoms with Crippen LogP contribution >= 0.6 is 35.0 Å². The van der Waals surface area contributed by atoms with E-state index >= 15 is 0 Å². The first-order valence-corrected chi connectivity index (χ1v) is 11.2. The number of hydrogen-bond donors (Lipinski definition) is 1. The molecule has 0 radical (unpaired) electrons. The van der Waals surface area contributed by atoms with E-state index in [1.807, 2.05) is 37.3 Å². The maximum Gasteiger partial charge on any atom is 0.292 e. The van der Waals surface area contributed by atoms with Crippen molar-refractivity contribution in [2.75, 3.05) is 0 Å². The van der Waals surface area contributed by atoms with E-state index in [4.69, 9.17) is 27.6 Å². The van der Waals surface area contributed by atoms with E-state index in [2.05, 4.69) is 25.5 Å². The molecule has 0 bridgehead atoms. The normalized spacial score (nSPS) is 11.3. The second kappa shape index (κ2) is 8.42. The SMILES string of the molecule is Cc1c2c(CSc3nnc(-c4ccccc4)o3)n[nH]c(=O)c2nn1-c1ccc(Cl)cc1Cl. The number of thioether (sulfide) groups is 1. The molecular weight excluding hydrogens is 471 g/mol. The molecule has 0 saturated heterocycles. The molecule has 0 spiro atoms. The number of aromatic nitrogens is 6. The molecule has 0 saturated carbocycles. The molecule has 32 heavy (non-hydrogen) atoms. The van der Waals surface area contributed by atoms with Gasteiger partial charge >= 0.3 is 0 Å². The molecule has 1 N–H and O–H groups in total. The highest BCUT2D eigenvalue weighted by atomic mass is 35.5. The predicted molar refractivity (Wildman–Crippen MR) is 124 cm³/mol. The Hall–Kier alpha value is -3.14. The zero-order valence-electron chi connectivity index (χ0n) is 16.5. The summed E-state index contributed by atoms with van der Waals surface area (Å²) in [6.45, 7) is 1.86. The highest BCUT2D eigenvalue weighted by Gasteiger charge is 2.19. The summed E-state index contributed by atoms with van der Waals surface area (Å²) in [5, 5.41) is 21.4. The van der Waals surface area contributed by atoms with Crippen LogP contribution in [-0.2, 0) is 5.75 Å². The molecule has 11 heteroatoms. The monoisotopic (exact) mass is 484 g/mol. The van der Waals surface area contributed by atoms with Crippen LogP contribution in [0.15, 0.2) is 63.0 Å². The van der Waals surface area contributed by atoms with Crippen molar-refractivity contribution < 1.29 is 4.42 Å². The zero-order chi connectivity index (χ0) is 22.2. The number of fused-ring (bicyclic) bond motifs is 1. The number of aromatic amines is 1. The van der Waals surface area contributed by atoms with Crippen molar-refractivity contribution in [1.82, 2.24) is 30.2 Å². The van der Waals surface area contributed by atoms with Crippen molar-refractivity contribution in [3.8, 4) is 17.1 Å². The van der Waals surface area contributed by atoms with Crippen molar-refractivity contribution in [2.45, 2.75) is 17.9 Å². The molecule has 0 aliphatic heterocycles. The minimum atomic E-state index is -0.384. The Bertz CT molecular complexity index is 1500. The molecular formula is C21H14Cl2N6O2S. The Morgan fingerprint density at radius 1 is 1.12 bits per heavy atom. The molecule has 0 atom stereocenters. The maximum atomic E-state index is 12.4. The first kappa shape index (κ1) is 20.7. The van der Waals surface area contributed by atoms with Crippen LogP contribution in [0.25, 0.3) is 28.0 Å². The summed E-state index contributed by atoms with van der Waals surface area (Å²) < 4.78 is 7.37. The molecule has 0 aliphatic carbocycles. The number of hydrogen-bond acceptors (Lipinski definition) is 7. The van der Waals surface area contributed by atoms with Gasteiger partial charge in [0.15, 0.2) is 5.52 Å². The number of nitrogens with zero attached hydrogens (tertiary/aromatic N) is 5. The van der Waals surface area contributed by atoms with E-state index in [1.54, 1.807) is 22.9 Å². The average Bonchev–Trinajstić information content (AvgIpc) is 3.40. The van der Waals surface area contributed by atoms with Crippen LogP contribution in [0.2, 0.25) is 10.0 Å². The van der Waals surface area contributed by atoms with Gasteiger partial charge in [-0.3, -0.25) is 4.79 Å². The van der Waals surface area contributed by atoms with Gasteiger partial charge < -0.3 is 4.42 Å². The topological polar surface area (TPSA) is 102 Å². The lowest BCUT2D eigenvalue weighted by Gasteiger charge is -2.07. The second-order valence-electron chi connectivity index (χ2n) is 6.84. The maximum absolute atomic E-state index is 12.4. The highest BCUT2D eigenvalue weighted by Crippen LogP contribution is 2.30. The van der Waals surface area contributed by atoms with Crippen molar-refractivity contribution in [2.24, 2.45) is 0 Å². The van der Waals surface area contributed by atoms with Gasteiger partial charge in [-0.15, -0.1) is 10.2 Å². The van der Waals surface area contributed by atoms with Gasteiger partial charge in [0.2, 0.25) is 5.89 Å². The van der Waals surface area contributed by atoms with Gasteiger partial charge in [0, 0.05) is 16.3 Å². The quantitative estimate of drug-likeness (QED) is 0.347. The fraction of sp³-hybridized carbons (Fsp3) is 0.0952. The van der Waals surface area contributed by atoms with Crippen LogP contribution in [-0.4, -0.2) is 30.2 Å². The Kier molecular flexibility index (Phi) is 5.46. The van der Waals surface area contributed by atoms with Crippen molar-refractivity contribution in [3.63, 3.8) is 0 Å². The van der Waals surface area contributed by atoms with E-state index in [-0.39, 0.29) is 11.1 Å². The lowest BCUT2D eigenvalue weighted by molar-refractivity contribution is 0.466. The second-order valence-corrected chi connectivity index (χ2v) is 8.61. The van der Waals surface area contributed by atoms with Gasteiger partial charge in [0.25, 0.3) is 10.8 Å². The molecule has 5 aromatic rings. The first-order valence-electron chi connectivity index (χ1n) is 9.45. The summed E-state index contributed by atoms with van der Waals surface area (Å²) in [6.07, 6.45) is 0. The van der Waals surface area contributed by atoms with E-state index in [0.29, 0.717) is 43.7 Å². The van der Waals surface area contributed by atoms with Gasteiger partial charge in [-0.25, -0.2) is 9.78 Å². The fourth-order valence-electron chi connectivity index (χ4n) is 3.32. The smallest absolute Gasteiger partial charge is 0.292 e. The number of H-pyrrole nitrogens is 1. The van der Waals surface area contributed by atoms with Gasteiger partial charge in [-0.1, -0.05) is 53.2 Å². The highest BCUT2D eigenvalue weighted by molar-refractivity contribution is 7.98. The minimum Gasteiger partial charge on any atom is -0.411 e. The summed E-state index contributed by atoms with van der Waals surface area (Å²) in [5.74, 6) is 0.832. The van der Waals surface area contributed by atoms with Crippen LogP contribution in [0.4, 0.5) is 0 Å². The molecule has 2 aromatic carbocycles. The van der Waals surface area contributed by atoms with Gasteiger partial charge in [-0.05, 0) is 37.3 Å².